The van der Waals surface area contributed by atoms with Gasteiger partial charge in [0, 0.05) is 11.6 Å². The molecule has 0 radical (unpaired) electrons. The van der Waals surface area contributed by atoms with Crippen molar-refractivity contribution in [3.8, 4) is 16.9 Å². The molecule has 136 valence electrons. The first-order valence-electron chi connectivity index (χ1n) is 7.97. The first-order valence-corrected chi connectivity index (χ1v) is 8.78. The maximum Gasteiger partial charge on any atom is 0.324 e. The molecule has 1 amide bonds. The van der Waals surface area contributed by atoms with E-state index in [-0.39, 0.29) is 11.6 Å². The molecule has 0 aliphatic rings. The van der Waals surface area contributed by atoms with Gasteiger partial charge in [0.1, 0.15) is 5.75 Å². The first-order chi connectivity index (χ1) is 13.1. The zero-order valence-corrected chi connectivity index (χ0v) is 14.9. The molecule has 0 aliphatic heterocycles. The molecule has 7 nitrogen and oxygen atoms in total. The van der Waals surface area contributed by atoms with Crippen LogP contribution in [0.2, 0.25) is 0 Å². The van der Waals surface area contributed by atoms with E-state index in [0.717, 1.165) is 22.5 Å². The Morgan fingerprint density at radius 1 is 1.11 bits per heavy atom. The van der Waals surface area contributed by atoms with E-state index < -0.39 is 10.8 Å². The van der Waals surface area contributed by atoms with E-state index in [2.05, 4.69) is 10.5 Å². The standard InChI is InChI=1S/C19H15N3O4S/c23-18(21-20-12-15-10-11-19(27-15)22(24)25)13-26-17-9-5-4-8-16(17)14-6-2-1-3-7-14/h1-12H,13H2,(H,21,23). The lowest BCUT2D eigenvalue weighted by Gasteiger charge is -2.10. The van der Waals surface area contributed by atoms with E-state index in [1.54, 1.807) is 12.1 Å². The predicted molar refractivity (Wildman–Crippen MR) is 104 cm³/mol. The van der Waals surface area contributed by atoms with Gasteiger partial charge in [-0.3, -0.25) is 14.9 Å². The third-order valence-electron chi connectivity index (χ3n) is 3.50. The van der Waals surface area contributed by atoms with E-state index >= 15 is 0 Å². The lowest BCUT2D eigenvalue weighted by atomic mass is 10.1. The van der Waals surface area contributed by atoms with Gasteiger partial charge in [-0.25, -0.2) is 5.43 Å². The van der Waals surface area contributed by atoms with Crippen LogP contribution in [0.5, 0.6) is 5.75 Å². The third-order valence-corrected chi connectivity index (χ3v) is 4.48. The highest BCUT2D eigenvalue weighted by Gasteiger charge is 2.09. The molecule has 2 aromatic carbocycles. The van der Waals surface area contributed by atoms with Crippen molar-refractivity contribution in [1.29, 1.82) is 0 Å². The number of ether oxygens (including phenoxy) is 1. The number of benzene rings is 2. The predicted octanol–water partition coefficient (Wildman–Crippen LogP) is 3.85. The molecular formula is C19H15N3O4S. The fourth-order valence-corrected chi connectivity index (χ4v) is 3.00. The molecule has 3 rings (SSSR count). The van der Waals surface area contributed by atoms with Crippen molar-refractivity contribution >= 4 is 28.5 Å². The van der Waals surface area contributed by atoms with Gasteiger partial charge in [0.05, 0.1) is 16.0 Å². The highest BCUT2D eigenvalue weighted by molar-refractivity contribution is 7.16. The molecule has 3 aromatic rings. The van der Waals surface area contributed by atoms with Crippen molar-refractivity contribution < 1.29 is 14.5 Å². The van der Waals surface area contributed by atoms with Crippen molar-refractivity contribution in [2.24, 2.45) is 5.10 Å². The Kier molecular flexibility index (Phi) is 5.91. The largest absolute Gasteiger partial charge is 0.483 e. The number of hydrazone groups is 1. The van der Waals surface area contributed by atoms with Crippen molar-refractivity contribution in [1.82, 2.24) is 5.43 Å². The number of amides is 1. The second kappa shape index (κ2) is 8.72. The highest BCUT2D eigenvalue weighted by Crippen LogP contribution is 2.29. The lowest BCUT2D eigenvalue weighted by molar-refractivity contribution is -0.380. The van der Waals surface area contributed by atoms with E-state index in [1.165, 1.54) is 12.3 Å². The summed E-state index contributed by atoms with van der Waals surface area (Å²) in [4.78, 5) is 22.6. The van der Waals surface area contributed by atoms with Crippen LogP contribution in [-0.4, -0.2) is 23.7 Å². The maximum atomic E-state index is 11.9. The smallest absolute Gasteiger partial charge is 0.324 e. The molecule has 1 aromatic heterocycles. The molecule has 0 saturated carbocycles. The first kappa shape index (κ1) is 18.3. The summed E-state index contributed by atoms with van der Waals surface area (Å²) in [5.41, 5.74) is 4.22. The van der Waals surface area contributed by atoms with Crippen LogP contribution < -0.4 is 10.2 Å². The number of nitro groups is 1. The lowest BCUT2D eigenvalue weighted by Crippen LogP contribution is -2.24. The number of hydrogen-bond acceptors (Lipinski definition) is 6. The van der Waals surface area contributed by atoms with Crippen molar-refractivity contribution in [2.75, 3.05) is 6.61 Å². The van der Waals surface area contributed by atoms with Crippen molar-refractivity contribution in [2.45, 2.75) is 0 Å². The minimum absolute atomic E-state index is 0.0172. The summed E-state index contributed by atoms with van der Waals surface area (Å²) >= 11 is 0.972. The van der Waals surface area contributed by atoms with Gasteiger partial charge in [-0.2, -0.15) is 5.10 Å². The zero-order valence-electron chi connectivity index (χ0n) is 14.1. The van der Waals surface area contributed by atoms with Crippen molar-refractivity contribution in [3.63, 3.8) is 0 Å². The number of carbonyl (C=O) groups excluding carboxylic acids is 1. The van der Waals surface area contributed by atoms with Crippen LogP contribution in [0.1, 0.15) is 4.88 Å². The van der Waals surface area contributed by atoms with Crippen LogP contribution in [0.15, 0.2) is 71.8 Å². The minimum atomic E-state index is -0.474. The van der Waals surface area contributed by atoms with Crippen molar-refractivity contribution in [3.05, 3.63) is 81.7 Å². The second-order valence-corrected chi connectivity index (χ2v) is 6.47. The van der Waals surface area contributed by atoms with Crippen LogP contribution in [-0.2, 0) is 4.79 Å². The number of para-hydroxylation sites is 1. The van der Waals surface area contributed by atoms with E-state index in [9.17, 15) is 14.9 Å². The van der Waals surface area contributed by atoms with E-state index in [0.29, 0.717) is 10.6 Å². The molecule has 1 N–H and O–H groups in total. The molecule has 0 spiro atoms. The summed E-state index contributed by atoms with van der Waals surface area (Å²) < 4.78 is 5.62. The van der Waals surface area contributed by atoms with E-state index in [1.807, 2.05) is 48.5 Å². The number of thiophene rings is 1. The molecular weight excluding hydrogens is 366 g/mol. The zero-order chi connectivity index (χ0) is 19.1. The number of nitrogens with one attached hydrogen (secondary N) is 1. The monoisotopic (exact) mass is 381 g/mol. The quantitative estimate of drug-likeness (QED) is 0.382. The number of carbonyl (C=O) groups is 1. The van der Waals surface area contributed by atoms with Gasteiger partial charge in [-0.1, -0.05) is 59.9 Å². The average Bonchev–Trinajstić information content (AvgIpc) is 3.17. The second-order valence-electron chi connectivity index (χ2n) is 5.38. The van der Waals surface area contributed by atoms with Crippen LogP contribution >= 0.6 is 11.3 Å². The summed E-state index contributed by atoms with van der Waals surface area (Å²) in [5.74, 6) is 0.164. The van der Waals surface area contributed by atoms with Crippen LogP contribution in [0.25, 0.3) is 11.1 Å². The number of hydrogen-bond donors (Lipinski definition) is 1. The maximum absolute atomic E-state index is 11.9. The molecule has 27 heavy (non-hydrogen) atoms. The Bertz CT molecular complexity index is 970. The Morgan fingerprint density at radius 2 is 1.85 bits per heavy atom. The van der Waals surface area contributed by atoms with Gasteiger partial charge in [-0.05, 0) is 17.7 Å². The summed E-state index contributed by atoms with van der Waals surface area (Å²) in [6.45, 7) is -0.203. The number of rotatable bonds is 7. The summed E-state index contributed by atoms with van der Waals surface area (Å²) in [5, 5.41) is 14.4. The molecule has 8 heteroatoms. The average molecular weight is 381 g/mol. The fourth-order valence-electron chi connectivity index (χ4n) is 2.30. The van der Waals surface area contributed by atoms with Crippen LogP contribution in [0, 0.1) is 10.1 Å². The number of nitrogens with zero attached hydrogens (tertiary/aromatic N) is 2. The molecule has 0 unspecified atom stereocenters. The van der Waals surface area contributed by atoms with Gasteiger partial charge < -0.3 is 4.74 Å². The highest BCUT2D eigenvalue weighted by atomic mass is 32.1. The van der Waals surface area contributed by atoms with Gasteiger partial charge in [0.15, 0.2) is 6.61 Å². The van der Waals surface area contributed by atoms with Crippen LogP contribution in [0.4, 0.5) is 5.00 Å². The van der Waals surface area contributed by atoms with Crippen LogP contribution in [0.3, 0.4) is 0 Å². The Hall–Kier alpha value is -3.52. The minimum Gasteiger partial charge on any atom is -0.483 e. The normalized spacial score (nSPS) is 10.7. The topological polar surface area (TPSA) is 93.8 Å². The fraction of sp³-hybridized carbons (Fsp3) is 0.0526. The molecule has 0 fully saturated rings. The molecule has 0 saturated heterocycles. The van der Waals surface area contributed by atoms with Gasteiger partial charge in [0.25, 0.3) is 5.91 Å². The third kappa shape index (κ3) is 4.99. The Labute approximate surface area is 159 Å². The van der Waals surface area contributed by atoms with Gasteiger partial charge in [0.2, 0.25) is 0 Å². The van der Waals surface area contributed by atoms with Gasteiger partial charge in [-0.15, -0.1) is 0 Å². The summed E-state index contributed by atoms with van der Waals surface area (Å²) in [6, 6.07) is 20.1. The van der Waals surface area contributed by atoms with Gasteiger partial charge >= 0.3 is 5.00 Å². The molecule has 1 heterocycles. The summed E-state index contributed by atoms with van der Waals surface area (Å²) in [6.07, 6.45) is 1.35. The molecule has 0 aliphatic carbocycles. The Balaban J connectivity index is 1.57. The molecule has 0 atom stereocenters. The Morgan fingerprint density at radius 3 is 2.59 bits per heavy atom. The molecule has 0 bridgehead atoms. The SMILES string of the molecule is O=C(COc1ccccc1-c1ccccc1)NN=Cc1ccc([N+](=O)[O-])s1. The summed E-state index contributed by atoms with van der Waals surface area (Å²) in [7, 11) is 0. The van der Waals surface area contributed by atoms with E-state index in [4.69, 9.17) is 4.74 Å².